The summed E-state index contributed by atoms with van der Waals surface area (Å²) in [4.78, 5) is 0. The molecule has 1 aliphatic carbocycles. The topological polar surface area (TPSA) is 0 Å². The maximum absolute atomic E-state index is 2.34. The fraction of sp³-hybridized carbons (Fsp3) is 0.100. The van der Waals surface area contributed by atoms with Crippen LogP contribution >= 0.6 is 0 Å². The van der Waals surface area contributed by atoms with Gasteiger partial charge in [0.2, 0.25) is 0 Å². The molecule has 0 unspecified atom stereocenters. The molecule has 0 radical (unpaired) electrons. The van der Waals surface area contributed by atoms with E-state index >= 15 is 0 Å². The van der Waals surface area contributed by atoms with Crippen LogP contribution in [0.2, 0.25) is 0 Å². The van der Waals surface area contributed by atoms with E-state index in [1.54, 1.807) is 0 Å². The van der Waals surface area contributed by atoms with E-state index < -0.39 is 0 Å². The Morgan fingerprint density at radius 3 is 2.38 bits per heavy atom. The standard InChI is InChI=1S/C20H16.Zr/c1-14-12-16-8-5-11-19(20(16)13-14)18-10-4-7-15-6-2-3-9-17(15)18;/h2-11,13H,12H2,1H3;. The van der Waals surface area contributed by atoms with Crippen molar-refractivity contribution in [2.75, 3.05) is 0 Å². The van der Waals surface area contributed by atoms with Crippen molar-refractivity contribution < 1.29 is 26.2 Å². The molecule has 0 aromatic heterocycles. The van der Waals surface area contributed by atoms with Crippen LogP contribution in [0.15, 0.2) is 66.2 Å². The summed E-state index contributed by atoms with van der Waals surface area (Å²) in [6.07, 6.45) is 3.43. The van der Waals surface area contributed by atoms with Crippen LogP contribution in [0.1, 0.15) is 18.1 Å². The van der Waals surface area contributed by atoms with Gasteiger partial charge in [0.25, 0.3) is 0 Å². The largest absolute Gasteiger partial charge is 0.0683 e. The number of benzene rings is 3. The molecule has 0 fully saturated rings. The van der Waals surface area contributed by atoms with Gasteiger partial charge in [-0.1, -0.05) is 72.3 Å². The van der Waals surface area contributed by atoms with E-state index in [-0.39, 0.29) is 26.2 Å². The summed E-state index contributed by atoms with van der Waals surface area (Å²) in [5.74, 6) is 0. The van der Waals surface area contributed by atoms with Crippen molar-refractivity contribution in [1.82, 2.24) is 0 Å². The van der Waals surface area contributed by atoms with Crippen LogP contribution in [0.3, 0.4) is 0 Å². The average Bonchev–Trinajstić information content (AvgIpc) is 2.87. The summed E-state index contributed by atoms with van der Waals surface area (Å²) in [5, 5.41) is 2.64. The molecule has 0 spiro atoms. The molecule has 0 nitrogen and oxygen atoms in total. The van der Waals surface area contributed by atoms with Crippen LogP contribution in [0.4, 0.5) is 0 Å². The molecule has 4 rings (SSSR count). The Hall–Kier alpha value is -1.46. The van der Waals surface area contributed by atoms with Crippen LogP contribution in [0.25, 0.3) is 28.0 Å². The van der Waals surface area contributed by atoms with Gasteiger partial charge in [0.1, 0.15) is 0 Å². The van der Waals surface area contributed by atoms with Gasteiger partial charge in [-0.3, -0.25) is 0 Å². The number of allylic oxidation sites excluding steroid dienone is 1. The van der Waals surface area contributed by atoms with Crippen LogP contribution in [-0.4, -0.2) is 0 Å². The quantitative estimate of drug-likeness (QED) is 0.548. The van der Waals surface area contributed by atoms with Crippen molar-refractivity contribution in [3.8, 4) is 11.1 Å². The van der Waals surface area contributed by atoms with Gasteiger partial charge in [-0.15, -0.1) is 0 Å². The van der Waals surface area contributed by atoms with Gasteiger partial charge in [0.15, 0.2) is 0 Å². The summed E-state index contributed by atoms with van der Waals surface area (Å²) in [5.41, 5.74) is 7.00. The van der Waals surface area contributed by atoms with Gasteiger partial charge in [0.05, 0.1) is 0 Å². The van der Waals surface area contributed by atoms with Crippen LogP contribution in [-0.2, 0) is 32.6 Å². The summed E-state index contributed by atoms with van der Waals surface area (Å²) >= 11 is 0. The molecular formula is C20H16Zr. The van der Waals surface area contributed by atoms with E-state index in [4.69, 9.17) is 0 Å². The predicted octanol–water partition coefficient (Wildman–Crippen LogP) is 5.46. The van der Waals surface area contributed by atoms with Crippen LogP contribution in [0.5, 0.6) is 0 Å². The number of hydrogen-bond acceptors (Lipinski definition) is 0. The van der Waals surface area contributed by atoms with Crippen molar-refractivity contribution in [3.05, 3.63) is 77.4 Å². The first-order valence-electron chi connectivity index (χ1n) is 7.10. The van der Waals surface area contributed by atoms with Crippen LogP contribution < -0.4 is 0 Å². The maximum atomic E-state index is 2.34. The minimum Gasteiger partial charge on any atom is -0.0683 e. The third kappa shape index (κ3) is 2.45. The molecule has 0 N–H and O–H groups in total. The summed E-state index contributed by atoms with van der Waals surface area (Å²) < 4.78 is 0. The molecule has 0 heterocycles. The second kappa shape index (κ2) is 5.74. The van der Waals surface area contributed by atoms with Crippen molar-refractivity contribution in [2.45, 2.75) is 13.3 Å². The van der Waals surface area contributed by atoms with Crippen LogP contribution in [0, 0.1) is 0 Å². The molecule has 0 saturated heterocycles. The summed E-state index contributed by atoms with van der Waals surface area (Å²) in [6, 6.07) is 21.9. The molecule has 3 aromatic carbocycles. The van der Waals surface area contributed by atoms with Crippen molar-refractivity contribution in [3.63, 3.8) is 0 Å². The first kappa shape index (κ1) is 14.5. The number of rotatable bonds is 1. The Bertz CT molecular complexity index is 838. The minimum absolute atomic E-state index is 0. The van der Waals surface area contributed by atoms with Gasteiger partial charge in [-0.25, -0.2) is 0 Å². The monoisotopic (exact) mass is 346 g/mol. The maximum Gasteiger partial charge on any atom is 0 e. The second-order valence-electron chi connectivity index (χ2n) is 5.57. The van der Waals surface area contributed by atoms with Gasteiger partial charge >= 0.3 is 0 Å². The Labute approximate surface area is 144 Å². The van der Waals surface area contributed by atoms with Gasteiger partial charge in [0, 0.05) is 26.2 Å². The minimum atomic E-state index is 0. The Morgan fingerprint density at radius 2 is 1.48 bits per heavy atom. The van der Waals surface area contributed by atoms with E-state index in [2.05, 4.69) is 73.7 Å². The number of fused-ring (bicyclic) bond motifs is 2. The van der Waals surface area contributed by atoms with Crippen molar-refractivity contribution in [2.24, 2.45) is 0 Å². The first-order chi connectivity index (χ1) is 9.83. The van der Waals surface area contributed by atoms with Gasteiger partial charge < -0.3 is 0 Å². The third-order valence-electron chi connectivity index (χ3n) is 4.14. The fourth-order valence-electron chi connectivity index (χ4n) is 3.23. The summed E-state index contributed by atoms with van der Waals surface area (Å²) in [6.45, 7) is 2.22. The van der Waals surface area contributed by atoms with Crippen molar-refractivity contribution >= 4 is 16.8 Å². The zero-order valence-electron chi connectivity index (χ0n) is 12.1. The van der Waals surface area contributed by atoms with Gasteiger partial charge in [-0.2, -0.15) is 0 Å². The van der Waals surface area contributed by atoms with E-state index in [0.29, 0.717) is 0 Å². The second-order valence-corrected chi connectivity index (χ2v) is 5.57. The summed E-state index contributed by atoms with van der Waals surface area (Å²) in [7, 11) is 0. The molecule has 21 heavy (non-hydrogen) atoms. The van der Waals surface area contributed by atoms with Crippen molar-refractivity contribution in [1.29, 1.82) is 0 Å². The van der Waals surface area contributed by atoms with E-state index in [0.717, 1.165) is 6.42 Å². The smallest absolute Gasteiger partial charge is 0 e. The Balaban J connectivity index is 0.00000132. The normalized spacial score (nSPS) is 12.7. The molecule has 0 atom stereocenters. The molecule has 1 heteroatoms. The van der Waals surface area contributed by atoms with E-state index in [1.165, 1.54) is 38.6 Å². The van der Waals surface area contributed by atoms with Gasteiger partial charge in [-0.05, 0) is 46.4 Å². The SMILES string of the molecule is CC1=Cc2c(cccc2-c2cccc3ccccc23)C1.[Zr]. The average molecular weight is 348 g/mol. The van der Waals surface area contributed by atoms with E-state index in [9.17, 15) is 0 Å². The first-order valence-corrected chi connectivity index (χ1v) is 7.10. The molecule has 0 saturated carbocycles. The zero-order chi connectivity index (χ0) is 13.5. The Morgan fingerprint density at radius 1 is 0.762 bits per heavy atom. The molecule has 100 valence electrons. The van der Waals surface area contributed by atoms with E-state index in [1.807, 2.05) is 0 Å². The predicted molar refractivity (Wildman–Crippen MR) is 86.7 cm³/mol. The molecule has 0 aliphatic heterocycles. The fourth-order valence-corrected chi connectivity index (χ4v) is 3.23. The molecule has 0 amide bonds. The molecule has 3 aromatic rings. The third-order valence-corrected chi connectivity index (χ3v) is 4.14. The molecule has 0 bridgehead atoms. The Kier molecular flexibility index (Phi) is 3.95. The zero-order valence-corrected chi connectivity index (χ0v) is 14.5. The molecular weight excluding hydrogens is 331 g/mol. The number of hydrogen-bond donors (Lipinski definition) is 0. The molecule has 1 aliphatic rings.